The summed E-state index contributed by atoms with van der Waals surface area (Å²) >= 11 is 0. The van der Waals surface area contributed by atoms with Gasteiger partial charge in [0.05, 0.1) is 5.92 Å². The fourth-order valence-corrected chi connectivity index (χ4v) is 2.11. The summed E-state index contributed by atoms with van der Waals surface area (Å²) in [7, 11) is 0. The van der Waals surface area contributed by atoms with Crippen LogP contribution in [0.25, 0.3) is 0 Å². The van der Waals surface area contributed by atoms with Crippen LogP contribution in [-0.2, 0) is 11.3 Å². The van der Waals surface area contributed by atoms with E-state index < -0.39 is 11.9 Å². The van der Waals surface area contributed by atoms with Gasteiger partial charge < -0.3 is 10.0 Å². The standard InChI is InChI=1S/C17H19NO2/c1-14(17(19)20)12-18(16-10-6-3-7-11-16)13-15-8-4-2-5-9-15/h2-11,14H,12-13H2,1H3,(H,19,20). The fourth-order valence-electron chi connectivity index (χ4n) is 2.11. The first-order valence-electron chi connectivity index (χ1n) is 6.73. The quantitative estimate of drug-likeness (QED) is 0.873. The molecule has 0 spiro atoms. The molecule has 0 saturated carbocycles. The van der Waals surface area contributed by atoms with E-state index in [9.17, 15) is 4.79 Å². The Morgan fingerprint density at radius 1 is 1.05 bits per heavy atom. The van der Waals surface area contributed by atoms with Gasteiger partial charge in [0.25, 0.3) is 0 Å². The Hall–Kier alpha value is -2.29. The minimum atomic E-state index is -0.765. The molecule has 0 bridgehead atoms. The van der Waals surface area contributed by atoms with E-state index in [4.69, 9.17) is 5.11 Å². The summed E-state index contributed by atoms with van der Waals surface area (Å²) in [5.41, 5.74) is 2.22. The summed E-state index contributed by atoms with van der Waals surface area (Å²) in [5.74, 6) is -1.17. The van der Waals surface area contributed by atoms with Crippen LogP contribution >= 0.6 is 0 Å². The van der Waals surface area contributed by atoms with E-state index >= 15 is 0 Å². The smallest absolute Gasteiger partial charge is 0.308 e. The lowest BCUT2D eigenvalue weighted by atomic mass is 10.1. The Morgan fingerprint density at radius 3 is 2.15 bits per heavy atom. The van der Waals surface area contributed by atoms with Crippen molar-refractivity contribution in [3.63, 3.8) is 0 Å². The molecule has 0 aliphatic rings. The number of carboxylic acid groups (broad SMARTS) is 1. The summed E-state index contributed by atoms with van der Waals surface area (Å²) < 4.78 is 0. The second-order valence-electron chi connectivity index (χ2n) is 4.94. The number of carbonyl (C=O) groups is 1. The van der Waals surface area contributed by atoms with Crippen molar-refractivity contribution in [3.8, 4) is 0 Å². The molecule has 0 heterocycles. The first kappa shape index (κ1) is 14.1. The number of carboxylic acids is 1. The third-order valence-corrected chi connectivity index (χ3v) is 3.25. The van der Waals surface area contributed by atoms with Crippen molar-refractivity contribution in [1.82, 2.24) is 0 Å². The van der Waals surface area contributed by atoms with Crippen molar-refractivity contribution < 1.29 is 9.90 Å². The van der Waals surface area contributed by atoms with Crippen LogP contribution in [0.5, 0.6) is 0 Å². The largest absolute Gasteiger partial charge is 0.481 e. The SMILES string of the molecule is CC(CN(Cc1ccccc1)c1ccccc1)C(=O)O. The number of hydrogen-bond acceptors (Lipinski definition) is 2. The molecule has 104 valence electrons. The number of rotatable bonds is 6. The monoisotopic (exact) mass is 269 g/mol. The zero-order chi connectivity index (χ0) is 14.4. The summed E-state index contributed by atoms with van der Waals surface area (Å²) in [6.07, 6.45) is 0. The van der Waals surface area contributed by atoms with Crippen LogP contribution in [0, 0.1) is 5.92 Å². The van der Waals surface area contributed by atoms with E-state index in [2.05, 4.69) is 17.0 Å². The Bertz CT molecular complexity index is 539. The van der Waals surface area contributed by atoms with Crippen LogP contribution in [0.15, 0.2) is 60.7 Å². The van der Waals surface area contributed by atoms with Crippen LogP contribution < -0.4 is 4.90 Å². The minimum absolute atomic E-state index is 0.404. The van der Waals surface area contributed by atoms with Gasteiger partial charge in [-0.1, -0.05) is 55.5 Å². The number of hydrogen-bond donors (Lipinski definition) is 1. The molecule has 1 atom stereocenters. The van der Waals surface area contributed by atoms with Gasteiger partial charge in [-0.25, -0.2) is 0 Å². The number of aliphatic carboxylic acids is 1. The number of anilines is 1. The Labute approximate surface area is 119 Å². The highest BCUT2D eigenvalue weighted by Crippen LogP contribution is 2.18. The van der Waals surface area contributed by atoms with Crippen LogP contribution in [-0.4, -0.2) is 17.6 Å². The highest BCUT2D eigenvalue weighted by atomic mass is 16.4. The summed E-state index contributed by atoms with van der Waals surface area (Å²) in [4.78, 5) is 13.2. The minimum Gasteiger partial charge on any atom is -0.481 e. The van der Waals surface area contributed by atoms with Gasteiger partial charge in [-0.15, -0.1) is 0 Å². The molecule has 0 fully saturated rings. The third kappa shape index (κ3) is 3.85. The Morgan fingerprint density at radius 2 is 1.60 bits per heavy atom. The average Bonchev–Trinajstić information content (AvgIpc) is 2.48. The topological polar surface area (TPSA) is 40.5 Å². The molecular formula is C17H19NO2. The fraction of sp³-hybridized carbons (Fsp3) is 0.235. The zero-order valence-corrected chi connectivity index (χ0v) is 11.6. The lowest BCUT2D eigenvalue weighted by Gasteiger charge is -2.26. The maximum atomic E-state index is 11.1. The van der Waals surface area contributed by atoms with Crippen molar-refractivity contribution in [3.05, 3.63) is 66.2 Å². The number of benzene rings is 2. The summed E-state index contributed by atoms with van der Waals surface area (Å²) in [6, 6.07) is 20.0. The lowest BCUT2D eigenvalue weighted by Crippen LogP contribution is -2.31. The summed E-state index contributed by atoms with van der Waals surface area (Å²) in [6.45, 7) is 2.94. The average molecular weight is 269 g/mol. The summed E-state index contributed by atoms with van der Waals surface area (Å²) in [5, 5.41) is 9.12. The molecule has 1 unspecified atom stereocenters. The van der Waals surface area contributed by atoms with E-state index in [0.29, 0.717) is 13.1 Å². The lowest BCUT2D eigenvalue weighted by molar-refractivity contribution is -0.140. The highest BCUT2D eigenvalue weighted by molar-refractivity contribution is 5.70. The molecule has 2 rings (SSSR count). The molecule has 2 aromatic carbocycles. The third-order valence-electron chi connectivity index (χ3n) is 3.25. The molecule has 0 aliphatic carbocycles. The highest BCUT2D eigenvalue weighted by Gasteiger charge is 2.16. The van der Waals surface area contributed by atoms with Gasteiger partial charge in [-0.2, -0.15) is 0 Å². The van der Waals surface area contributed by atoms with E-state index in [0.717, 1.165) is 5.69 Å². The predicted octanol–water partition coefficient (Wildman–Crippen LogP) is 3.41. The molecule has 0 aliphatic heterocycles. The van der Waals surface area contributed by atoms with Gasteiger partial charge >= 0.3 is 5.97 Å². The number of nitrogens with zero attached hydrogens (tertiary/aromatic N) is 1. The van der Waals surface area contributed by atoms with E-state index in [-0.39, 0.29) is 0 Å². The van der Waals surface area contributed by atoms with Crippen molar-refractivity contribution in [2.45, 2.75) is 13.5 Å². The molecule has 1 N–H and O–H groups in total. The van der Waals surface area contributed by atoms with E-state index in [1.807, 2.05) is 48.5 Å². The van der Waals surface area contributed by atoms with Gasteiger partial charge in [0.2, 0.25) is 0 Å². The first-order valence-corrected chi connectivity index (χ1v) is 6.73. The predicted molar refractivity (Wildman–Crippen MR) is 80.7 cm³/mol. The molecule has 2 aromatic rings. The second-order valence-corrected chi connectivity index (χ2v) is 4.94. The van der Waals surface area contributed by atoms with Crippen LogP contribution in [0.1, 0.15) is 12.5 Å². The van der Waals surface area contributed by atoms with Crippen LogP contribution in [0.2, 0.25) is 0 Å². The molecule has 3 nitrogen and oxygen atoms in total. The molecular weight excluding hydrogens is 250 g/mol. The van der Waals surface area contributed by atoms with Crippen LogP contribution in [0.4, 0.5) is 5.69 Å². The van der Waals surface area contributed by atoms with Crippen LogP contribution in [0.3, 0.4) is 0 Å². The molecule has 0 aromatic heterocycles. The molecule has 0 radical (unpaired) electrons. The molecule has 0 amide bonds. The van der Waals surface area contributed by atoms with Crippen molar-refractivity contribution in [2.24, 2.45) is 5.92 Å². The zero-order valence-electron chi connectivity index (χ0n) is 11.6. The van der Waals surface area contributed by atoms with Gasteiger partial charge in [0.15, 0.2) is 0 Å². The van der Waals surface area contributed by atoms with Gasteiger partial charge in [0, 0.05) is 18.8 Å². The molecule has 20 heavy (non-hydrogen) atoms. The first-order chi connectivity index (χ1) is 9.66. The van der Waals surface area contributed by atoms with Crippen molar-refractivity contribution in [2.75, 3.05) is 11.4 Å². The Balaban J connectivity index is 2.18. The maximum Gasteiger partial charge on any atom is 0.308 e. The Kier molecular flexibility index (Phi) is 4.77. The molecule has 3 heteroatoms. The second kappa shape index (κ2) is 6.75. The maximum absolute atomic E-state index is 11.1. The van der Waals surface area contributed by atoms with E-state index in [1.165, 1.54) is 5.56 Å². The van der Waals surface area contributed by atoms with Gasteiger partial charge in [-0.05, 0) is 17.7 Å². The van der Waals surface area contributed by atoms with Gasteiger partial charge in [-0.3, -0.25) is 4.79 Å². The van der Waals surface area contributed by atoms with Crippen molar-refractivity contribution >= 4 is 11.7 Å². The normalized spacial score (nSPS) is 11.8. The molecule has 0 saturated heterocycles. The van der Waals surface area contributed by atoms with Gasteiger partial charge in [0.1, 0.15) is 0 Å². The van der Waals surface area contributed by atoms with Crippen molar-refractivity contribution in [1.29, 1.82) is 0 Å². The van der Waals surface area contributed by atoms with E-state index in [1.54, 1.807) is 6.92 Å². The number of para-hydroxylation sites is 1.